The van der Waals surface area contributed by atoms with Crippen molar-refractivity contribution in [3.8, 4) is 0 Å². The lowest BCUT2D eigenvalue weighted by molar-refractivity contribution is -0.135. The van der Waals surface area contributed by atoms with E-state index in [-0.39, 0.29) is 17.1 Å². The van der Waals surface area contributed by atoms with Gasteiger partial charge in [0, 0.05) is 17.4 Å². The second-order valence-electron chi connectivity index (χ2n) is 11.4. The number of Topliss-reactive ketones (excluding diaryl/α,β-unsaturated/α-hetero) is 1. The molecule has 202 valence electrons. The molecule has 3 rings (SSSR count). The van der Waals surface area contributed by atoms with Crippen LogP contribution in [-0.4, -0.2) is 40.1 Å². The summed E-state index contributed by atoms with van der Waals surface area (Å²) in [5.74, 6) is 2.16. The molecule has 0 aromatic heterocycles. The van der Waals surface area contributed by atoms with Crippen molar-refractivity contribution in [3.63, 3.8) is 0 Å². The second-order valence-corrected chi connectivity index (χ2v) is 12.5. The molecule has 36 heavy (non-hydrogen) atoms. The number of nitrogens with one attached hydrogen (secondary N) is 1. The van der Waals surface area contributed by atoms with Crippen molar-refractivity contribution in [1.82, 2.24) is 10.2 Å². The van der Waals surface area contributed by atoms with E-state index in [9.17, 15) is 9.59 Å². The van der Waals surface area contributed by atoms with Gasteiger partial charge in [-0.1, -0.05) is 77.5 Å². The summed E-state index contributed by atoms with van der Waals surface area (Å²) in [6.45, 7) is 9.71. The molecule has 1 amide bonds. The molecule has 1 saturated heterocycles. The maximum absolute atomic E-state index is 13.9. The van der Waals surface area contributed by atoms with E-state index in [1.807, 2.05) is 18.2 Å². The van der Waals surface area contributed by atoms with E-state index in [4.69, 9.17) is 0 Å². The monoisotopic (exact) mass is 514 g/mol. The highest BCUT2D eigenvalue weighted by atomic mass is 32.2. The summed E-state index contributed by atoms with van der Waals surface area (Å²) >= 11 is 1.67. The Morgan fingerprint density at radius 3 is 2.36 bits per heavy atom. The van der Waals surface area contributed by atoms with Crippen LogP contribution in [0.1, 0.15) is 111 Å². The molecule has 1 aliphatic heterocycles. The van der Waals surface area contributed by atoms with Crippen LogP contribution in [0.25, 0.3) is 0 Å². The largest absolute Gasteiger partial charge is 0.323 e. The standard InChI is InChI=1S/C31H50N2O2S/c1-5-8-21-31(22-9-6-2)29(35)33(30(4,7-3)32-31)23-20-25-14-13-15-26(19-18-25)28(34)24-36-27-16-11-10-12-17-27/h10-12,16-17,25-26,32H,5-9,13-15,18-24H2,1-4H3. The number of amides is 1. The van der Waals surface area contributed by atoms with Crippen molar-refractivity contribution in [2.75, 3.05) is 12.3 Å². The number of ketones is 1. The molecule has 4 nitrogen and oxygen atoms in total. The fourth-order valence-electron chi connectivity index (χ4n) is 6.26. The molecule has 3 atom stereocenters. The number of hydrogen-bond donors (Lipinski definition) is 1. The third kappa shape index (κ3) is 7.37. The first-order chi connectivity index (χ1) is 17.4. The van der Waals surface area contributed by atoms with Crippen molar-refractivity contribution in [2.24, 2.45) is 11.8 Å². The summed E-state index contributed by atoms with van der Waals surface area (Å²) in [5, 5.41) is 3.88. The van der Waals surface area contributed by atoms with Gasteiger partial charge in [0.15, 0.2) is 0 Å². The molecular formula is C31H50N2O2S. The normalized spacial score (nSPS) is 26.2. The van der Waals surface area contributed by atoms with Crippen LogP contribution in [0.15, 0.2) is 35.2 Å². The zero-order valence-electron chi connectivity index (χ0n) is 23.3. The minimum absolute atomic E-state index is 0.206. The minimum atomic E-state index is -0.381. The topological polar surface area (TPSA) is 49.4 Å². The lowest BCUT2D eigenvalue weighted by Gasteiger charge is -2.35. The Balaban J connectivity index is 1.55. The molecule has 1 N–H and O–H groups in total. The van der Waals surface area contributed by atoms with Gasteiger partial charge < -0.3 is 4.90 Å². The Hall–Kier alpha value is -1.33. The van der Waals surface area contributed by atoms with Crippen LogP contribution in [0.4, 0.5) is 0 Å². The smallest absolute Gasteiger partial charge is 0.244 e. The van der Waals surface area contributed by atoms with Crippen molar-refractivity contribution < 1.29 is 9.59 Å². The Labute approximate surface area is 224 Å². The molecule has 1 heterocycles. The van der Waals surface area contributed by atoms with Crippen LogP contribution in [0.2, 0.25) is 0 Å². The summed E-state index contributed by atoms with van der Waals surface area (Å²) in [7, 11) is 0. The Morgan fingerprint density at radius 1 is 1.03 bits per heavy atom. The van der Waals surface area contributed by atoms with E-state index in [1.165, 1.54) is 11.3 Å². The predicted molar refractivity (Wildman–Crippen MR) is 152 cm³/mol. The first-order valence-corrected chi connectivity index (χ1v) is 15.7. The lowest BCUT2D eigenvalue weighted by Crippen LogP contribution is -2.52. The Bertz CT molecular complexity index is 821. The summed E-state index contributed by atoms with van der Waals surface area (Å²) in [6, 6.07) is 10.2. The first kappa shape index (κ1) is 29.2. The van der Waals surface area contributed by atoms with E-state index in [0.717, 1.165) is 83.6 Å². The number of carbonyl (C=O) groups excluding carboxylic acids is 2. The molecule has 2 aliphatic rings. The van der Waals surface area contributed by atoms with Crippen LogP contribution in [0.3, 0.4) is 0 Å². The van der Waals surface area contributed by atoms with Gasteiger partial charge in [0.1, 0.15) is 5.78 Å². The third-order valence-corrected chi connectivity index (χ3v) is 9.82. The van der Waals surface area contributed by atoms with E-state index < -0.39 is 0 Å². The highest BCUT2D eigenvalue weighted by Crippen LogP contribution is 2.39. The number of rotatable bonds is 14. The first-order valence-electron chi connectivity index (χ1n) is 14.7. The number of unbranched alkanes of at least 4 members (excludes halogenated alkanes) is 2. The van der Waals surface area contributed by atoms with Gasteiger partial charge in [0.25, 0.3) is 0 Å². The van der Waals surface area contributed by atoms with Crippen molar-refractivity contribution in [3.05, 3.63) is 30.3 Å². The number of carbonyl (C=O) groups is 2. The number of nitrogens with zero attached hydrogens (tertiary/aromatic N) is 1. The van der Waals surface area contributed by atoms with Crippen LogP contribution < -0.4 is 5.32 Å². The van der Waals surface area contributed by atoms with Gasteiger partial charge in [-0.2, -0.15) is 0 Å². The van der Waals surface area contributed by atoms with Gasteiger partial charge in [-0.15, -0.1) is 11.8 Å². The highest BCUT2D eigenvalue weighted by Gasteiger charge is 2.54. The lowest BCUT2D eigenvalue weighted by atomic mass is 9.86. The summed E-state index contributed by atoms with van der Waals surface area (Å²) in [6.07, 6.45) is 13.8. The summed E-state index contributed by atoms with van der Waals surface area (Å²) in [4.78, 5) is 30.2. The van der Waals surface area contributed by atoms with Crippen molar-refractivity contribution in [2.45, 2.75) is 127 Å². The molecule has 5 heteroatoms. The summed E-state index contributed by atoms with van der Waals surface area (Å²) in [5.41, 5.74) is -0.634. The van der Waals surface area contributed by atoms with Crippen LogP contribution >= 0.6 is 11.8 Å². The average molecular weight is 515 g/mol. The van der Waals surface area contributed by atoms with Gasteiger partial charge in [0.05, 0.1) is 17.0 Å². The van der Waals surface area contributed by atoms with Crippen LogP contribution in [0.5, 0.6) is 0 Å². The molecule has 1 aliphatic carbocycles. The van der Waals surface area contributed by atoms with Gasteiger partial charge in [0.2, 0.25) is 5.91 Å². The zero-order chi connectivity index (χ0) is 26.0. The highest BCUT2D eigenvalue weighted by molar-refractivity contribution is 8.00. The SMILES string of the molecule is CCCCC1(CCCC)NC(C)(CC)N(CCC2CCCC(C(=O)CSc3ccccc3)CC2)C1=O. The van der Waals surface area contributed by atoms with E-state index in [0.29, 0.717) is 23.4 Å². The van der Waals surface area contributed by atoms with Gasteiger partial charge in [-0.3, -0.25) is 14.9 Å². The van der Waals surface area contributed by atoms with Gasteiger partial charge in [-0.25, -0.2) is 0 Å². The molecule has 0 spiro atoms. The van der Waals surface area contributed by atoms with Gasteiger partial charge >= 0.3 is 0 Å². The maximum atomic E-state index is 13.9. The molecule has 1 aromatic carbocycles. The summed E-state index contributed by atoms with van der Waals surface area (Å²) < 4.78 is 0. The number of benzene rings is 1. The molecule has 0 radical (unpaired) electrons. The Kier molecular flexibility index (Phi) is 11.4. The fourth-order valence-corrected chi connectivity index (χ4v) is 7.15. The van der Waals surface area contributed by atoms with E-state index in [2.05, 4.69) is 50.0 Å². The molecule has 3 unspecified atom stereocenters. The third-order valence-electron chi connectivity index (χ3n) is 8.79. The van der Waals surface area contributed by atoms with Gasteiger partial charge in [-0.05, 0) is 69.9 Å². The minimum Gasteiger partial charge on any atom is -0.323 e. The number of thioether (sulfide) groups is 1. The molecular weight excluding hydrogens is 464 g/mol. The maximum Gasteiger partial charge on any atom is 0.244 e. The molecule has 1 aromatic rings. The van der Waals surface area contributed by atoms with E-state index >= 15 is 0 Å². The van der Waals surface area contributed by atoms with Crippen molar-refractivity contribution in [1.29, 1.82) is 0 Å². The average Bonchev–Trinajstić information content (AvgIpc) is 3.04. The predicted octanol–water partition coefficient (Wildman–Crippen LogP) is 7.61. The van der Waals surface area contributed by atoms with E-state index in [1.54, 1.807) is 11.8 Å². The Morgan fingerprint density at radius 2 is 1.72 bits per heavy atom. The fraction of sp³-hybridized carbons (Fsp3) is 0.742. The quantitative estimate of drug-likeness (QED) is 0.205. The van der Waals surface area contributed by atoms with Crippen LogP contribution in [0, 0.1) is 11.8 Å². The second kappa shape index (κ2) is 14.0. The molecule has 0 bridgehead atoms. The van der Waals surface area contributed by atoms with Crippen LogP contribution in [-0.2, 0) is 9.59 Å². The number of hydrogen-bond acceptors (Lipinski definition) is 4. The zero-order valence-corrected chi connectivity index (χ0v) is 24.1. The molecule has 1 saturated carbocycles. The van der Waals surface area contributed by atoms with Crippen molar-refractivity contribution >= 4 is 23.5 Å². The molecule has 2 fully saturated rings.